The quantitative estimate of drug-likeness (QED) is 0.817. The monoisotopic (exact) mass is 259 g/mol. The van der Waals surface area contributed by atoms with Crippen LogP contribution in [0.25, 0.3) is 0 Å². The minimum Gasteiger partial charge on any atom is -0.292 e. The maximum Gasteiger partial charge on any atom is 0.413 e. The lowest BCUT2D eigenvalue weighted by molar-refractivity contribution is -0.194. The molecule has 1 aliphatic rings. The summed E-state index contributed by atoms with van der Waals surface area (Å²) in [6.07, 6.45) is -2.24. The lowest BCUT2D eigenvalue weighted by Gasteiger charge is -2.19. The van der Waals surface area contributed by atoms with Crippen molar-refractivity contribution in [1.29, 1.82) is 0 Å². The molecule has 1 aromatic carbocycles. The van der Waals surface area contributed by atoms with Gasteiger partial charge in [0.25, 0.3) is 0 Å². The molecular formula is C13H16F3NO. The number of halogens is 3. The molecule has 0 spiro atoms. The summed E-state index contributed by atoms with van der Waals surface area (Å²) >= 11 is 0. The van der Waals surface area contributed by atoms with E-state index in [2.05, 4.69) is 10.3 Å². The summed E-state index contributed by atoms with van der Waals surface area (Å²) in [5.41, 5.74) is 4.66. The van der Waals surface area contributed by atoms with Crippen molar-refractivity contribution in [3.05, 3.63) is 35.4 Å². The molecule has 2 nitrogen and oxygen atoms in total. The Balaban J connectivity index is 1.94. The van der Waals surface area contributed by atoms with Gasteiger partial charge < -0.3 is 0 Å². The first-order chi connectivity index (χ1) is 8.46. The van der Waals surface area contributed by atoms with Crippen molar-refractivity contribution in [2.75, 3.05) is 6.61 Å². The zero-order valence-electron chi connectivity index (χ0n) is 10.1. The van der Waals surface area contributed by atoms with Gasteiger partial charge in [0, 0.05) is 0 Å². The summed E-state index contributed by atoms with van der Waals surface area (Å²) in [4.78, 5) is 4.57. The van der Waals surface area contributed by atoms with E-state index in [9.17, 15) is 13.2 Å². The van der Waals surface area contributed by atoms with E-state index in [0.29, 0.717) is 5.92 Å². The van der Waals surface area contributed by atoms with Crippen LogP contribution in [-0.4, -0.2) is 12.8 Å². The molecule has 0 radical (unpaired) electrons. The summed E-state index contributed by atoms with van der Waals surface area (Å²) in [5.74, 6) is 0.376. The maximum atomic E-state index is 12.0. The number of aryl methyl sites for hydroxylation is 1. The number of alkyl halides is 3. The van der Waals surface area contributed by atoms with Crippen molar-refractivity contribution in [2.45, 2.75) is 32.0 Å². The van der Waals surface area contributed by atoms with Crippen molar-refractivity contribution >= 4 is 0 Å². The van der Waals surface area contributed by atoms with E-state index >= 15 is 0 Å². The van der Waals surface area contributed by atoms with E-state index in [-0.39, 0.29) is 6.04 Å². The van der Waals surface area contributed by atoms with Gasteiger partial charge in [0.05, 0.1) is 6.04 Å². The molecule has 0 amide bonds. The second-order valence-corrected chi connectivity index (χ2v) is 4.75. The number of hydroxylamine groups is 1. The number of hydrogen-bond donors (Lipinski definition) is 1. The van der Waals surface area contributed by atoms with Gasteiger partial charge >= 0.3 is 6.18 Å². The second-order valence-electron chi connectivity index (χ2n) is 4.75. The summed E-state index contributed by atoms with van der Waals surface area (Å²) in [6, 6.07) is 7.63. The van der Waals surface area contributed by atoms with E-state index in [0.717, 1.165) is 24.0 Å². The van der Waals surface area contributed by atoms with Gasteiger partial charge in [-0.1, -0.05) is 29.8 Å². The van der Waals surface area contributed by atoms with Crippen LogP contribution in [0.1, 0.15) is 30.0 Å². The fourth-order valence-corrected chi connectivity index (χ4v) is 1.85. The van der Waals surface area contributed by atoms with Crippen LogP contribution in [-0.2, 0) is 4.84 Å². The Hall–Kier alpha value is -1.07. The Morgan fingerprint density at radius 1 is 1.28 bits per heavy atom. The minimum absolute atomic E-state index is 0.145. The van der Waals surface area contributed by atoms with Crippen LogP contribution in [0.4, 0.5) is 13.2 Å². The Labute approximate surface area is 104 Å². The fraction of sp³-hybridized carbons (Fsp3) is 0.538. The highest BCUT2D eigenvalue weighted by atomic mass is 19.4. The Kier molecular flexibility index (Phi) is 3.92. The highest BCUT2D eigenvalue weighted by Crippen LogP contribution is 2.41. The van der Waals surface area contributed by atoms with Crippen molar-refractivity contribution in [1.82, 2.24) is 5.48 Å². The standard InChI is InChI=1S/C13H16F3NO/c1-9-2-4-10(5-3-9)12(11-6-7-11)17-18-8-13(14,15)16/h2-5,11-12,17H,6-8H2,1H3. The van der Waals surface area contributed by atoms with Gasteiger partial charge in [-0.2, -0.15) is 18.7 Å². The number of nitrogens with one attached hydrogen (secondary N) is 1. The first-order valence-electron chi connectivity index (χ1n) is 5.96. The zero-order valence-corrected chi connectivity index (χ0v) is 10.1. The van der Waals surface area contributed by atoms with E-state index < -0.39 is 12.8 Å². The molecule has 1 aromatic rings. The van der Waals surface area contributed by atoms with Crippen molar-refractivity contribution in [3.8, 4) is 0 Å². The number of benzene rings is 1. The predicted octanol–water partition coefficient (Wildman–Crippen LogP) is 3.53. The summed E-state index contributed by atoms with van der Waals surface area (Å²) in [5, 5.41) is 0. The number of hydrogen-bond acceptors (Lipinski definition) is 2. The molecule has 1 atom stereocenters. The van der Waals surface area contributed by atoms with E-state index in [1.54, 1.807) is 0 Å². The zero-order chi connectivity index (χ0) is 13.2. The molecule has 100 valence electrons. The fourth-order valence-electron chi connectivity index (χ4n) is 1.85. The lowest BCUT2D eigenvalue weighted by Crippen LogP contribution is -2.29. The van der Waals surface area contributed by atoms with Gasteiger partial charge in [-0.15, -0.1) is 0 Å². The third-order valence-corrected chi connectivity index (χ3v) is 2.98. The summed E-state index contributed by atoms with van der Waals surface area (Å²) in [7, 11) is 0. The average Bonchev–Trinajstić information content (AvgIpc) is 3.08. The third kappa shape index (κ3) is 3.99. The van der Waals surface area contributed by atoms with Crippen LogP contribution in [0.2, 0.25) is 0 Å². The van der Waals surface area contributed by atoms with Gasteiger partial charge in [-0.3, -0.25) is 4.84 Å². The van der Waals surface area contributed by atoms with Crippen molar-refractivity contribution in [3.63, 3.8) is 0 Å². The molecule has 0 heterocycles. The Morgan fingerprint density at radius 3 is 2.39 bits per heavy atom. The van der Waals surface area contributed by atoms with Crippen LogP contribution in [0.15, 0.2) is 24.3 Å². The second kappa shape index (κ2) is 5.28. The van der Waals surface area contributed by atoms with Gasteiger partial charge in [-0.25, -0.2) is 0 Å². The SMILES string of the molecule is Cc1ccc(C(NOCC(F)(F)F)C2CC2)cc1. The van der Waals surface area contributed by atoms with Crippen LogP contribution in [0, 0.1) is 12.8 Å². The van der Waals surface area contributed by atoms with Crippen molar-refractivity contribution < 1.29 is 18.0 Å². The van der Waals surface area contributed by atoms with Gasteiger partial charge in [-0.05, 0) is 31.2 Å². The largest absolute Gasteiger partial charge is 0.413 e. The highest BCUT2D eigenvalue weighted by Gasteiger charge is 2.34. The minimum atomic E-state index is -4.30. The summed E-state index contributed by atoms with van der Waals surface area (Å²) in [6.45, 7) is 0.714. The van der Waals surface area contributed by atoms with Gasteiger partial charge in [0.15, 0.2) is 6.61 Å². The number of rotatable bonds is 5. The molecule has 2 rings (SSSR count). The van der Waals surface area contributed by atoms with Gasteiger partial charge in [0.1, 0.15) is 0 Å². The van der Waals surface area contributed by atoms with E-state index in [4.69, 9.17) is 0 Å². The molecule has 1 N–H and O–H groups in total. The first-order valence-corrected chi connectivity index (χ1v) is 5.96. The molecule has 0 bridgehead atoms. The maximum absolute atomic E-state index is 12.0. The van der Waals surface area contributed by atoms with Crippen LogP contribution >= 0.6 is 0 Å². The normalized spacial score (nSPS) is 17.8. The molecule has 1 unspecified atom stereocenters. The Bertz CT molecular complexity index is 384. The molecule has 0 aromatic heterocycles. The lowest BCUT2D eigenvalue weighted by atomic mass is 10.0. The van der Waals surface area contributed by atoms with Crippen molar-refractivity contribution in [2.24, 2.45) is 5.92 Å². The third-order valence-electron chi connectivity index (χ3n) is 2.98. The van der Waals surface area contributed by atoms with Crippen LogP contribution < -0.4 is 5.48 Å². The molecule has 5 heteroatoms. The predicted molar refractivity (Wildman–Crippen MR) is 61.8 cm³/mol. The molecule has 18 heavy (non-hydrogen) atoms. The highest BCUT2D eigenvalue weighted by molar-refractivity contribution is 5.25. The molecule has 0 saturated heterocycles. The molecule has 1 aliphatic carbocycles. The summed E-state index contributed by atoms with van der Waals surface area (Å²) < 4.78 is 36.0. The van der Waals surface area contributed by atoms with E-state index in [1.165, 1.54) is 0 Å². The molecular weight excluding hydrogens is 243 g/mol. The molecule has 0 aliphatic heterocycles. The van der Waals surface area contributed by atoms with Crippen LogP contribution in [0.5, 0.6) is 0 Å². The molecule has 1 saturated carbocycles. The van der Waals surface area contributed by atoms with Gasteiger partial charge in [0.2, 0.25) is 0 Å². The molecule has 1 fully saturated rings. The average molecular weight is 259 g/mol. The van der Waals surface area contributed by atoms with Crippen LogP contribution in [0.3, 0.4) is 0 Å². The Morgan fingerprint density at radius 2 is 1.89 bits per heavy atom. The first kappa shape index (κ1) is 13.4. The smallest absolute Gasteiger partial charge is 0.292 e. The topological polar surface area (TPSA) is 21.3 Å². The van der Waals surface area contributed by atoms with E-state index in [1.807, 2.05) is 31.2 Å².